The number of rotatable bonds is 6. The maximum atomic E-state index is 10.9. The predicted octanol–water partition coefficient (Wildman–Crippen LogP) is 2.72. The number of nitro benzene ring substituents is 1. The molecule has 3 rings (SSSR count). The summed E-state index contributed by atoms with van der Waals surface area (Å²) in [5, 5.41) is 24.4. The third-order valence-electron chi connectivity index (χ3n) is 3.34. The van der Waals surface area contributed by atoms with Crippen LogP contribution in [0.1, 0.15) is 23.4 Å². The van der Waals surface area contributed by atoms with E-state index in [9.17, 15) is 10.1 Å². The molecule has 0 radical (unpaired) electrons. The fourth-order valence-corrected chi connectivity index (χ4v) is 2.96. The summed E-state index contributed by atoms with van der Waals surface area (Å²) in [5.74, 6) is 0. The van der Waals surface area contributed by atoms with Gasteiger partial charge in [0.05, 0.1) is 4.92 Å². The molecule has 0 aliphatic heterocycles. The second-order valence-corrected chi connectivity index (χ2v) is 6.36. The first-order chi connectivity index (χ1) is 10.1. The molecule has 1 aromatic heterocycles. The van der Waals surface area contributed by atoms with Gasteiger partial charge < -0.3 is 5.32 Å². The van der Waals surface area contributed by atoms with Crippen LogP contribution in [0.15, 0.2) is 18.2 Å². The molecular weight excluding hydrogens is 288 g/mol. The minimum Gasteiger partial charge on any atom is -0.314 e. The van der Waals surface area contributed by atoms with E-state index in [1.165, 1.54) is 24.2 Å². The van der Waals surface area contributed by atoms with Crippen LogP contribution in [0.3, 0.4) is 0 Å². The Bertz CT molecular complexity index is 667. The van der Waals surface area contributed by atoms with Crippen LogP contribution in [0.2, 0.25) is 0 Å². The fourth-order valence-electron chi connectivity index (χ4n) is 2.13. The first kappa shape index (κ1) is 14.1. The van der Waals surface area contributed by atoms with Crippen LogP contribution in [0.5, 0.6) is 0 Å². The molecule has 1 aliphatic carbocycles. The van der Waals surface area contributed by atoms with Gasteiger partial charge in [0.2, 0.25) is 0 Å². The predicted molar refractivity (Wildman–Crippen MR) is 81.5 cm³/mol. The molecule has 0 atom stereocenters. The smallest absolute Gasteiger partial charge is 0.270 e. The van der Waals surface area contributed by atoms with Crippen LogP contribution in [0.4, 0.5) is 5.69 Å². The van der Waals surface area contributed by atoms with E-state index in [4.69, 9.17) is 0 Å². The molecule has 7 heteroatoms. The highest BCUT2D eigenvalue weighted by Gasteiger charge is 2.20. The molecular formula is C14H16N4O2S. The third-order valence-corrected chi connectivity index (χ3v) is 4.37. The number of aryl methyl sites for hydroxylation is 1. The average Bonchev–Trinajstić information content (AvgIpc) is 3.14. The van der Waals surface area contributed by atoms with Crippen LogP contribution in [0.25, 0.3) is 10.6 Å². The number of nitrogens with zero attached hydrogens (tertiary/aromatic N) is 3. The Hall–Kier alpha value is -1.86. The fraction of sp³-hybridized carbons (Fsp3) is 0.429. The van der Waals surface area contributed by atoms with Gasteiger partial charge in [0.25, 0.3) is 5.69 Å². The summed E-state index contributed by atoms with van der Waals surface area (Å²) in [6.45, 7) is 2.76. The quantitative estimate of drug-likeness (QED) is 0.655. The van der Waals surface area contributed by atoms with E-state index < -0.39 is 0 Å². The van der Waals surface area contributed by atoms with Crippen molar-refractivity contribution in [1.29, 1.82) is 0 Å². The first-order valence-corrected chi connectivity index (χ1v) is 7.76. The Balaban J connectivity index is 1.73. The molecule has 0 amide bonds. The SMILES string of the molecule is Cc1cc(-c2nnc(CCNC3CC3)s2)cc([N+](=O)[O-])c1. The summed E-state index contributed by atoms with van der Waals surface area (Å²) in [6.07, 6.45) is 3.39. The summed E-state index contributed by atoms with van der Waals surface area (Å²) in [5.41, 5.74) is 1.71. The Morgan fingerprint density at radius 3 is 2.90 bits per heavy atom. The van der Waals surface area contributed by atoms with Gasteiger partial charge in [-0.05, 0) is 31.4 Å². The molecule has 1 saturated carbocycles. The minimum absolute atomic E-state index is 0.0946. The van der Waals surface area contributed by atoms with E-state index in [2.05, 4.69) is 15.5 Å². The first-order valence-electron chi connectivity index (χ1n) is 6.94. The molecule has 1 N–H and O–H groups in total. The molecule has 1 aliphatic rings. The summed E-state index contributed by atoms with van der Waals surface area (Å²) in [4.78, 5) is 10.5. The van der Waals surface area contributed by atoms with Crippen LogP contribution < -0.4 is 5.32 Å². The molecule has 0 unspecified atom stereocenters. The van der Waals surface area contributed by atoms with Gasteiger partial charge in [0, 0.05) is 36.7 Å². The number of aromatic nitrogens is 2. The third kappa shape index (κ3) is 3.62. The summed E-state index contributed by atoms with van der Waals surface area (Å²) in [7, 11) is 0. The van der Waals surface area contributed by atoms with E-state index in [1.807, 2.05) is 13.0 Å². The van der Waals surface area contributed by atoms with Crippen molar-refractivity contribution in [3.63, 3.8) is 0 Å². The molecule has 1 heterocycles. The largest absolute Gasteiger partial charge is 0.314 e. The zero-order chi connectivity index (χ0) is 14.8. The summed E-state index contributed by atoms with van der Waals surface area (Å²) >= 11 is 1.50. The molecule has 1 fully saturated rings. The lowest BCUT2D eigenvalue weighted by Crippen LogP contribution is -2.19. The molecule has 1 aromatic carbocycles. The summed E-state index contributed by atoms with van der Waals surface area (Å²) < 4.78 is 0. The van der Waals surface area contributed by atoms with Gasteiger partial charge in [-0.1, -0.05) is 11.3 Å². The number of non-ortho nitro benzene ring substituents is 1. The maximum absolute atomic E-state index is 10.9. The maximum Gasteiger partial charge on any atom is 0.270 e. The standard InChI is InChI=1S/C14H16N4O2S/c1-9-6-10(8-12(7-9)18(19)20)14-17-16-13(21-14)4-5-15-11-2-3-11/h6-8,11,15H,2-5H2,1H3. The van der Waals surface area contributed by atoms with Crippen molar-refractivity contribution in [2.75, 3.05) is 6.54 Å². The van der Waals surface area contributed by atoms with E-state index in [0.29, 0.717) is 6.04 Å². The second-order valence-electron chi connectivity index (χ2n) is 5.29. The normalized spacial score (nSPS) is 14.3. The van der Waals surface area contributed by atoms with Gasteiger partial charge in [-0.25, -0.2) is 0 Å². The number of benzene rings is 1. The van der Waals surface area contributed by atoms with E-state index in [0.717, 1.165) is 34.1 Å². The Morgan fingerprint density at radius 2 is 2.19 bits per heavy atom. The highest BCUT2D eigenvalue weighted by Crippen LogP contribution is 2.28. The number of hydrogen-bond acceptors (Lipinski definition) is 6. The van der Waals surface area contributed by atoms with Crippen molar-refractivity contribution in [3.8, 4) is 10.6 Å². The second kappa shape index (κ2) is 5.87. The topological polar surface area (TPSA) is 81.0 Å². The van der Waals surface area contributed by atoms with Gasteiger partial charge >= 0.3 is 0 Å². The Morgan fingerprint density at radius 1 is 1.38 bits per heavy atom. The molecule has 0 bridgehead atoms. The average molecular weight is 304 g/mol. The lowest BCUT2D eigenvalue weighted by molar-refractivity contribution is -0.384. The zero-order valence-electron chi connectivity index (χ0n) is 11.7. The van der Waals surface area contributed by atoms with Crippen molar-refractivity contribution in [1.82, 2.24) is 15.5 Å². The van der Waals surface area contributed by atoms with E-state index in [1.54, 1.807) is 12.1 Å². The zero-order valence-corrected chi connectivity index (χ0v) is 12.5. The monoisotopic (exact) mass is 304 g/mol. The number of hydrogen-bond donors (Lipinski definition) is 1. The molecule has 2 aromatic rings. The van der Waals surface area contributed by atoms with Crippen molar-refractivity contribution in [2.24, 2.45) is 0 Å². The van der Waals surface area contributed by atoms with Crippen molar-refractivity contribution in [2.45, 2.75) is 32.2 Å². The summed E-state index contributed by atoms with van der Waals surface area (Å²) in [6, 6.07) is 5.71. The Labute approximate surface area is 126 Å². The van der Waals surface area contributed by atoms with Gasteiger partial charge in [-0.2, -0.15) is 0 Å². The highest BCUT2D eigenvalue weighted by molar-refractivity contribution is 7.14. The highest BCUT2D eigenvalue weighted by atomic mass is 32.1. The molecule has 0 spiro atoms. The van der Waals surface area contributed by atoms with E-state index >= 15 is 0 Å². The van der Waals surface area contributed by atoms with Crippen molar-refractivity contribution in [3.05, 3.63) is 38.9 Å². The molecule has 110 valence electrons. The van der Waals surface area contributed by atoms with Crippen molar-refractivity contribution < 1.29 is 4.92 Å². The van der Waals surface area contributed by atoms with Crippen LogP contribution >= 0.6 is 11.3 Å². The lowest BCUT2D eigenvalue weighted by atomic mass is 10.1. The molecule has 0 saturated heterocycles. The van der Waals surface area contributed by atoms with Crippen molar-refractivity contribution >= 4 is 17.0 Å². The van der Waals surface area contributed by atoms with Crippen LogP contribution in [0, 0.1) is 17.0 Å². The van der Waals surface area contributed by atoms with Gasteiger partial charge in [0.1, 0.15) is 10.0 Å². The molecule has 6 nitrogen and oxygen atoms in total. The van der Waals surface area contributed by atoms with Crippen LogP contribution in [-0.4, -0.2) is 27.7 Å². The van der Waals surface area contributed by atoms with Gasteiger partial charge in [0.15, 0.2) is 0 Å². The van der Waals surface area contributed by atoms with E-state index in [-0.39, 0.29) is 10.6 Å². The minimum atomic E-state index is -0.377. The lowest BCUT2D eigenvalue weighted by Gasteiger charge is -1.99. The van der Waals surface area contributed by atoms with Crippen LogP contribution in [-0.2, 0) is 6.42 Å². The molecule has 21 heavy (non-hydrogen) atoms. The number of nitrogens with one attached hydrogen (secondary N) is 1. The van der Waals surface area contributed by atoms with Gasteiger partial charge in [-0.3, -0.25) is 10.1 Å². The van der Waals surface area contributed by atoms with Gasteiger partial charge in [-0.15, -0.1) is 10.2 Å². The number of nitro groups is 1. The Kier molecular flexibility index (Phi) is 3.94.